The van der Waals surface area contributed by atoms with Crippen molar-refractivity contribution in [3.8, 4) is 5.88 Å². The molecule has 1 N–H and O–H groups in total. The van der Waals surface area contributed by atoms with Crippen LogP contribution in [0.4, 0.5) is 5.95 Å². The van der Waals surface area contributed by atoms with E-state index >= 15 is 0 Å². The fourth-order valence-electron chi connectivity index (χ4n) is 1.23. The predicted molar refractivity (Wildman–Crippen MR) is 62.8 cm³/mol. The minimum absolute atomic E-state index is 0.0279. The molecule has 0 spiro atoms. The van der Waals surface area contributed by atoms with Crippen molar-refractivity contribution >= 4 is 23.5 Å². The van der Waals surface area contributed by atoms with Gasteiger partial charge in [0.25, 0.3) is 5.91 Å². The number of nitrogens with one attached hydrogen (secondary N) is 1. The van der Waals surface area contributed by atoms with Crippen molar-refractivity contribution in [3.05, 3.63) is 28.7 Å². The van der Waals surface area contributed by atoms with Gasteiger partial charge in [0.15, 0.2) is 0 Å². The Bertz CT molecular complexity index is 584. The molecule has 0 aromatic carbocycles. The summed E-state index contributed by atoms with van der Waals surface area (Å²) in [6.45, 7) is 1.70. The number of aryl methyl sites for hydroxylation is 1. The van der Waals surface area contributed by atoms with E-state index in [1.165, 1.54) is 19.4 Å². The Morgan fingerprint density at radius 2 is 2.28 bits per heavy atom. The molecule has 8 heteroatoms. The SMILES string of the molecule is COc1cc(Cl)nc(NC(=O)c2oncc2C)n1. The van der Waals surface area contributed by atoms with Gasteiger partial charge in [-0.15, -0.1) is 0 Å². The van der Waals surface area contributed by atoms with Crippen LogP contribution in [0.25, 0.3) is 0 Å². The van der Waals surface area contributed by atoms with Crippen molar-refractivity contribution in [2.75, 3.05) is 12.4 Å². The number of ether oxygens (including phenoxy) is 1. The van der Waals surface area contributed by atoms with Crippen LogP contribution in [-0.2, 0) is 0 Å². The van der Waals surface area contributed by atoms with E-state index in [4.69, 9.17) is 20.9 Å². The number of aromatic nitrogens is 3. The molecule has 0 atom stereocenters. The van der Waals surface area contributed by atoms with Crippen molar-refractivity contribution in [2.45, 2.75) is 6.92 Å². The number of halogens is 1. The second-order valence-corrected chi connectivity index (χ2v) is 3.74. The number of carbonyl (C=O) groups is 1. The summed E-state index contributed by atoms with van der Waals surface area (Å²) in [6.07, 6.45) is 1.44. The molecule has 0 aliphatic rings. The molecule has 2 aromatic heterocycles. The molecule has 18 heavy (non-hydrogen) atoms. The Morgan fingerprint density at radius 3 is 2.89 bits per heavy atom. The smallest absolute Gasteiger partial charge is 0.296 e. The summed E-state index contributed by atoms with van der Waals surface area (Å²) in [5.74, 6) is -0.133. The van der Waals surface area contributed by atoms with Gasteiger partial charge in [-0.25, -0.2) is 4.98 Å². The number of hydrogen-bond acceptors (Lipinski definition) is 6. The molecule has 0 saturated heterocycles. The van der Waals surface area contributed by atoms with Crippen LogP contribution in [0.1, 0.15) is 16.1 Å². The number of anilines is 1. The molecule has 0 aliphatic heterocycles. The van der Waals surface area contributed by atoms with Gasteiger partial charge in [-0.3, -0.25) is 10.1 Å². The van der Waals surface area contributed by atoms with E-state index in [1.807, 2.05) is 0 Å². The lowest BCUT2D eigenvalue weighted by Gasteiger charge is -2.04. The second-order valence-electron chi connectivity index (χ2n) is 3.35. The highest BCUT2D eigenvalue weighted by molar-refractivity contribution is 6.29. The van der Waals surface area contributed by atoms with Crippen LogP contribution in [-0.4, -0.2) is 28.1 Å². The molecule has 0 bridgehead atoms. The van der Waals surface area contributed by atoms with Gasteiger partial charge >= 0.3 is 0 Å². The van der Waals surface area contributed by atoms with Crippen molar-refractivity contribution < 1.29 is 14.1 Å². The average Bonchev–Trinajstić information content (AvgIpc) is 2.74. The number of carbonyl (C=O) groups excluding carboxylic acids is 1. The quantitative estimate of drug-likeness (QED) is 0.852. The molecule has 2 rings (SSSR count). The van der Waals surface area contributed by atoms with Crippen LogP contribution in [0.2, 0.25) is 5.15 Å². The highest BCUT2D eigenvalue weighted by Gasteiger charge is 2.16. The number of hydrogen-bond donors (Lipinski definition) is 1. The van der Waals surface area contributed by atoms with E-state index < -0.39 is 5.91 Å². The molecular formula is C10H9ClN4O3. The summed E-state index contributed by atoms with van der Waals surface area (Å²) in [7, 11) is 1.44. The molecule has 0 unspecified atom stereocenters. The topological polar surface area (TPSA) is 90.1 Å². The molecular weight excluding hydrogens is 260 g/mol. The molecule has 94 valence electrons. The molecule has 0 fully saturated rings. The Morgan fingerprint density at radius 1 is 1.50 bits per heavy atom. The number of nitrogens with zero attached hydrogens (tertiary/aromatic N) is 3. The first-order valence-corrected chi connectivity index (χ1v) is 5.29. The Hall–Kier alpha value is -2.15. The molecule has 0 saturated carbocycles. The fourth-order valence-corrected chi connectivity index (χ4v) is 1.40. The van der Waals surface area contributed by atoms with Crippen molar-refractivity contribution in [3.63, 3.8) is 0 Å². The van der Waals surface area contributed by atoms with Crippen molar-refractivity contribution in [1.29, 1.82) is 0 Å². The third-order valence-corrected chi connectivity index (χ3v) is 2.25. The van der Waals surface area contributed by atoms with E-state index in [9.17, 15) is 4.79 Å². The zero-order valence-electron chi connectivity index (χ0n) is 9.60. The number of amides is 1. The van der Waals surface area contributed by atoms with E-state index in [2.05, 4.69) is 20.4 Å². The summed E-state index contributed by atoms with van der Waals surface area (Å²) in [5.41, 5.74) is 0.612. The Kier molecular flexibility index (Phi) is 3.42. The summed E-state index contributed by atoms with van der Waals surface area (Å²) >= 11 is 5.75. The predicted octanol–water partition coefficient (Wildman–Crippen LogP) is 1.69. The molecule has 1 amide bonds. The summed E-state index contributed by atoms with van der Waals surface area (Å²) < 4.78 is 9.71. The van der Waals surface area contributed by atoms with Gasteiger partial charge in [-0.1, -0.05) is 16.8 Å². The molecule has 2 heterocycles. The largest absolute Gasteiger partial charge is 0.481 e. The standard InChI is InChI=1S/C10H9ClN4O3/c1-5-4-12-18-8(5)9(16)15-10-13-6(11)3-7(14-10)17-2/h3-4H,1-2H3,(H,13,14,15,16). The first kappa shape index (κ1) is 12.3. The van der Waals surface area contributed by atoms with Gasteiger partial charge in [-0.05, 0) is 6.92 Å². The Labute approximate surface area is 107 Å². The van der Waals surface area contributed by atoms with Crippen LogP contribution in [0, 0.1) is 6.92 Å². The van der Waals surface area contributed by atoms with Crippen LogP contribution in [0.15, 0.2) is 16.8 Å². The first-order valence-electron chi connectivity index (χ1n) is 4.91. The maximum absolute atomic E-state index is 11.8. The average molecular weight is 269 g/mol. The minimum atomic E-state index is -0.505. The summed E-state index contributed by atoms with van der Waals surface area (Å²) in [6, 6.07) is 1.43. The maximum Gasteiger partial charge on any atom is 0.296 e. The number of methoxy groups -OCH3 is 1. The highest BCUT2D eigenvalue weighted by atomic mass is 35.5. The lowest BCUT2D eigenvalue weighted by Crippen LogP contribution is -2.14. The van der Waals surface area contributed by atoms with Crippen LogP contribution in [0.5, 0.6) is 5.88 Å². The molecule has 7 nitrogen and oxygen atoms in total. The van der Waals surface area contributed by atoms with E-state index in [0.29, 0.717) is 5.56 Å². The van der Waals surface area contributed by atoms with Crippen molar-refractivity contribution in [2.24, 2.45) is 0 Å². The lowest BCUT2D eigenvalue weighted by molar-refractivity contribution is 0.0986. The minimum Gasteiger partial charge on any atom is -0.481 e. The van der Waals surface area contributed by atoms with E-state index in [0.717, 1.165) is 0 Å². The van der Waals surface area contributed by atoms with Gasteiger partial charge in [-0.2, -0.15) is 4.98 Å². The van der Waals surface area contributed by atoms with Gasteiger partial charge in [0.1, 0.15) is 5.15 Å². The van der Waals surface area contributed by atoms with Gasteiger partial charge in [0, 0.05) is 11.6 Å². The van der Waals surface area contributed by atoms with Gasteiger partial charge < -0.3 is 9.26 Å². The summed E-state index contributed by atoms with van der Waals surface area (Å²) in [4.78, 5) is 19.6. The van der Waals surface area contributed by atoms with E-state index in [-0.39, 0.29) is 22.7 Å². The van der Waals surface area contributed by atoms with Crippen molar-refractivity contribution in [1.82, 2.24) is 15.1 Å². The van der Waals surface area contributed by atoms with Crippen LogP contribution < -0.4 is 10.1 Å². The maximum atomic E-state index is 11.8. The Balaban J connectivity index is 2.22. The van der Waals surface area contributed by atoms with Gasteiger partial charge in [0.2, 0.25) is 17.6 Å². The normalized spacial score (nSPS) is 10.2. The molecule has 2 aromatic rings. The third-order valence-electron chi connectivity index (χ3n) is 2.06. The van der Waals surface area contributed by atoms with E-state index in [1.54, 1.807) is 6.92 Å². The highest BCUT2D eigenvalue weighted by Crippen LogP contribution is 2.16. The van der Waals surface area contributed by atoms with Crippen LogP contribution in [0.3, 0.4) is 0 Å². The van der Waals surface area contributed by atoms with Gasteiger partial charge in [0.05, 0.1) is 13.3 Å². The zero-order chi connectivity index (χ0) is 13.1. The third kappa shape index (κ3) is 2.57. The lowest BCUT2D eigenvalue weighted by atomic mass is 10.3. The first-order chi connectivity index (χ1) is 8.60. The molecule has 0 radical (unpaired) electrons. The monoisotopic (exact) mass is 268 g/mol. The summed E-state index contributed by atoms with van der Waals surface area (Å²) in [5, 5.41) is 6.11. The number of rotatable bonds is 3. The zero-order valence-corrected chi connectivity index (χ0v) is 10.4. The van der Waals surface area contributed by atoms with Crippen LogP contribution >= 0.6 is 11.6 Å². The molecule has 0 aliphatic carbocycles. The second kappa shape index (κ2) is 5.01. The fraction of sp³-hybridized carbons (Fsp3) is 0.200.